The van der Waals surface area contributed by atoms with Crippen LogP contribution in [0.15, 0.2) is 0 Å². The molecule has 0 amide bonds. The molecule has 232 valence electrons. The smallest absolute Gasteiger partial charge is 0.303 e. The molecule has 0 aromatic rings. The van der Waals surface area contributed by atoms with Gasteiger partial charge in [-0.2, -0.15) is 0 Å². The average Bonchev–Trinajstić information content (AvgIpc) is 2.84. The first-order valence-corrected chi connectivity index (χ1v) is 12.4. The standard InChI is InChI=1S/C24H34O17/c1-9(27)33-17-15(7-25)39-23(21(37-13(5)31)19(17)35-11(3)29)41-24-22(38-14(6)32)20(36-12(4)30)18(34-10(2)28)16(8-26)40-24/h15-26H,7-8H2,1-6H3/t15-,16-,17-,18-,19+,20+,21-,22-,23-,24-/m1/s1. The van der Waals surface area contributed by atoms with Crippen LogP contribution in [0.2, 0.25) is 0 Å². The van der Waals surface area contributed by atoms with E-state index < -0.39 is 110 Å². The van der Waals surface area contributed by atoms with E-state index >= 15 is 0 Å². The first kappa shape index (κ1) is 33.8. The highest BCUT2D eigenvalue weighted by Crippen LogP contribution is 2.34. The van der Waals surface area contributed by atoms with Crippen molar-refractivity contribution in [2.45, 2.75) is 103 Å². The summed E-state index contributed by atoms with van der Waals surface area (Å²) in [5.41, 5.74) is 0. The van der Waals surface area contributed by atoms with Crippen molar-refractivity contribution in [2.75, 3.05) is 13.2 Å². The molecular weight excluding hydrogens is 560 g/mol. The third-order valence-corrected chi connectivity index (χ3v) is 5.62. The van der Waals surface area contributed by atoms with E-state index in [2.05, 4.69) is 0 Å². The van der Waals surface area contributed by atoms with Gasteiger partial charge in [0.25, 0.3) is 0 Å². The second kappa shape index (κ2) is 15.0. The molecule has 0 bridgehead atoms. The number of carbonyl (C=O) groups is 6. The van der Waals surface area contributed by atoms with E-state index in [1.807, 2.05) is 0 Å². The van der Waals surface area contributed by atoms with Crippen LogP contribution in [0, 0.1) is 0 Å². The Morgan fingerprint density at radius 2 is 0.707 bits per heavy atom. The van der Waals surface area contributed by atoms with Crippen molar-refractivity contribution in [3.8, 4) is 0 Å². The minimum absolute atomic E-state index is 0.800. The highest BCUT2D eigenvalue weighted by molar-refractivity contribution is 5.69. The fraction of sp³-hybridized carbons (Fsp3) is 0.750. The van der Waals surface area contributed by atoms with Crippen molar-refractivity contribution in [1.82, 2.24) is 0 Å². The van der Waals surface area contributed by atoms with E-state index in [0.29, 0.717) is 0 Å². The molecule has 0 radical (unpaired) electrons. The predicted octanol–water partition coefficient (Wildman–Crippen LogP) is -1.97. The Morgan fingerprint density at radius 3 is 0.951 bits per heavy atom. The van der Waals surface area contributed by atoms with E-state index in [-0.39, 0.29) is 0 Å². The summed E-state index contributed by atoms with van der Waals surface area (Å²) < 4.78 is 48.8. The zero-order chi connectivity index (χ0) is 31.0. The van der Waals surface area contributed by atoms with E-state index in [9.17, 15) is 39.0 Å². The molecule has 2 aliphatic heterocycles. The van der Waals surface area contributed by atoms with Gasteiger partial charge < -0.3 is 52.8 Å². The summed E-state index contributed by atoms with van der Waals surface area (Å²) in [7, 11) is 0. The summed E-state index contributed by atoms with van der Waals surface area (Å²) >= 11 is 0. The minimum Gasteiger partial charge on any atom is -0.456 e. The molecule has 2 rings (SSSR count). The minimum atomic E-state index is -1.77. The maximum atomic E-state index is 12.0. The molecule has 2 saturated heterocycles. The van der Waals surface area contributed by atoms with Crippen LogP contribution >= 0.6 is 0 Å². The van der Waals surface area contributed by atoms with E-state index in [0.717, 1.165) is 41.5 Å². The molecule has 10 atom stereocenters. The van der Waals surface area contributed by atoms with E-state index in [4.69, 9.17) is 42.6 Å². The third-order valence-electron chi connectivity index (χ3n) is 5.62. The number of ether oxygens (including phenoxy) is 9. The summed E-state index contributed by atoms with van der Waals surface area (Å²) in [6.07, 6.45) is -15.7. The van der Waals surface area contributed by atoms with Crippen LogP contribution in [0.1, 0.15) is 41.5 Å². The maximum absolute atomic E-state index is 12.0. The van der Waals surface area contributed by atoms with Crippen molar-refractivity contribution < 1.29 is 81.6 Å². The number of hydrogen-bond donors (Lipinski definition) is 2. The molecule has 0 aliphatic carbocycles. The Bertz CT molecular complexity index is 905. The molecule has 17 nitrogen and oxygen atoms in total. The number of hydrogen-bond acceptors (Lipinski definition) is 17. The van der Waals surface area contributed by atoms with Crippen molar-refractivity contribution in [3.63, 3.8) is 0 Å². The predicted molar refractivity (Wildman–Crippen MR) is 126 cm³/mol. The summed E-state index contributed by atoms with van der Waals surface area (Å²) in [6, 6.07) is 0. The Kier molecular flexibility index (Phi) is 12.4. The van der Waals surface area contributed by atoms with Gasteiger partial charge in [0.1, 0.15) is 12.2 Å². The second-order valence-electron chi connectivity index (χ2n) is 9.03. The molecule has 0 spiro atoms. The number of esters is 6. The number of aliphatic hydroxyl groups excluding tert-OH is 2. The number of aliphatic hydroxyl groups is 2. The normalized spacial score (nSPS) is 33.1. The SMILES string of the molecule is CC(=O)O[C@@H]1[C@@H](OC(C)=O)[C@@H](O[C@H]2O[C@H](CO)[C@@H](OC(C)=O)[C@H](OC(C)=O)[C@H]2OC(C)=O)O[C@H](CO)[C@H]1OC(C)=O. The molecule has 17 heteroatoms. The Morgan fingerprint density at radius 1 is 0.463 bits per heavy atom. The molecule has 0 aromatic heterocycles. The lowest BCUT2D eigenvalue weighted by Gasteiger charge is -2.47. The van der Waals surface area contributed by atoms with Crippen molar-refractivity contribution in [2.24, 2.45) is 0 Å². The van der Waals surface area contributed by atoms with Gasteiger partial charge in [-0.1, -0.05) is 0 Å². The first-order valence-electron chi connectivity index (χ1n) is 12.4. The Hall–Kier alpha value is -3.38. The molecule has 2 fully saturated rings. The Labute approximate surface area is 234 Å². The van der Waals surface area contributed by atoms with Crippen molar-refractivity contribution >= 4 is 35.8 Å². The number of rotatable bonds is 10. The van der Waals surface area contributed by atoms with Crippen LogP contribution in [0.4, 0.5) is 0 Å². The highest BCUT2D eigenvalue weighted by atomic mass is 16.8. The van der Waals surface area contributed by atoms with Gasteiger partial charge in [0.15, 0.2) is 36.6 Å². The monoisotopic (exact) mass is 594 g/mol. The summed E-state index contributed by atoms with van der Waals surface area (Å²) in [4.78, 5) is 71.5. The molecule has 0 saturated carbocycles. The fourth-order valence-corrected chi connectivity index (χ4v) is 4.36. The maximum Gasteiger partial charge on any atom is 0.303 e. The van der Waals surface area contributed by atoms with Crippen LogP contribution in [-0.2, 0) is 71.4 Å². The largest absolute Gasteiger partial charge is 0.456 e. The topological polar surface area (TPSA) is 226 Å². The zero-order valence-electron chi connectivity index (χ0n) is 23.2. The van der Waals surface area contributed by atoms with Gasteiger partial charge in [-0.05, 0) is 0 Å². The lowest BCUT2D eigenvalue weighted by molar-refractivity contribution is -0.377. The molecule has 41 heavy (non-hydrogen) atoms. The second-order valence-corrected chi connectivity index (χ2v) is 9.03. The number of carbonyl (C=O) groups excluding carboxylic acids is 6. The van der Waals surface area contributed by atoms with Gasteiger partial charge in [-0.25, -0.2) is 0 Å². The molecule has 2 heterocycles. The molecule has 0 aromatic carbocycles. The first-order chi connectivity index (χ1) is 19.2. The highest BCUT2D eigenvalue weighted by Gasteiger charge is 2.57. The zero-order valence-corrected chi connectivity index (χ0v) is 23.2. The molecular formula is C24H34O17. The van der Waals surface area contributed by atoms with Crippen molar-refractivity contribution in [1.29, 1.82) is 0 Å². The van der Waals surface area contributed by atoms with Crippen molar-refractivity contribution in [3.05, 3.63) is 0 Å². The van der Waals surface area contributed by atoms with Gasteiger partial charge in [0.05, 0.1) is 13.2 Å². The van der Waals surface area contributed by atoms with Gasteiger partial charge in [0, 0.05) is 41.5 Å². The quantitative estimate of drug-likeness (QED) is 0.206. The van der Waals surface area contributed by atoms with Crippen LogP contribution in [-0.4, -0.2) is 121 Å². The fourth-order valence-electron chi connectivity index (χ4n) is 4.36. The van der Waals surface area contributed by atoms with Gasteiger partial charge >= 0.3 is 35.8 Å². The summed E-state index contributed by atoms with van der Waals surface area (Å²) in [6.45, 7) is 4.58. The van der Waals surface area contributed by atoms with Crippen LogP contribution < -0.4 is 0 Å². The van der Waals surface area contributed by atoms with E-state index in [1.165, 1.54) is 0 Å². The summed E-state index contributed by atoms with van der Waals surface area (Å²) in [5.74, 6) is -5.26. The van der Waals surface area contributed by atoms with Crippen LogP contribution in [0.25, 0.3) is 0 Å². The Balaban J connectivity index is 2.57. The van der Waals surface area contributed by atoms with Gasteiger partial charge in [-0.15, -0.1) is 0 Å². The molecule has 2 aliphatic rings. The molecule has 0 unspecified atom stereocenters. The molecule has 2 N–H and O–H groups in total. The van der Waals surface area contributed by atoms with Crippen LogP contribution in [0.5, 0.6) is 0 Å². The average molecular weight is 595 g/mol. The third kappa shape index (κ3) is 9.32. The van der Waals surface area contributed by atoms with Crippen LogP contribution in [0.3, 0.4) is 0 Å². The van der Waals surface area contributed by atoms with E-state index in [1.54, 1.807) is 0 Å². The van der Waals surface area contributed by atoms with Gasteiger partial charge in [0.2, 0.25) is 12.6 Å². The lowest BCUT2D eigenvalue weighted by atomic mass is 9.97. The summed E-state index contributed by atoms with van der Waals surface area (Å²) in [5, 5.41) is 19.9. The van der Waals surface area contributed by atoms with Gasteiger partial charge in [-0.3, -0.25) is 28.8 Å². The lowest BCUT2D eigenvalue weighted by Crippen LogP contribution is -2.66.